The molecule has 1 aromatic rings. The molecule has 1 aromatic carbocycles. The van der Waals surface area contributed by atoms with Crippen molar-refractivity contribution < 1.29 is 13.2 Å². The van der Waals surface area contributed by atoms with Crippen molar-refractivity contribution in [3.05, 3.63) is 29.8 Å². The van der Waals surface area contributed by atoms with Crippen LogP contribution in [0.25, 0.3) is 0 Å². The van der Waals surface area contributed by atoms with Crippen molar-refractivity contribution in [2.24, 2.45) is 5.73 Å². The highest BCUT2D eigenvalue weighted by molar-refractivity contribution is 7.88. The topological polar surface area (TPSA) is 83.7 Å². The zero-order valence-electron chi connectivity index (χ0n) is 14.2. The summed E-state index contributed by atoms with van der Waals surface area (Å²) in [7, 11) is -1.92. The fraction of sp³-hybridized carbons (Fsp3) is 0.588. The fourth-order valence-corrected chi connectivity index (χ4v) is 4.10. The highest BCUT2D eigenvalue weighted by atomic mass is 32.2. The van der Waals surface area contributed by atoms with Gasteiger partial charge in [0.15, 0.2) is 0 Å². The molecule has 1 saturated heterocycles. The monoisotopic (exact) mass is 351 g/mol. The maximum Gasteiger partial charge on any atom is 0.245 e. The maximum atomic E-state index is 12.8. The Balaban J connectivity index is 1.80. The van der Waals surface area contributed by atoms with Gasteiger partial charge in [0.2, 0.25) is 15.9 Å². The van der Waals surface area contributed by atoms with Gasteiger partial charge in [0.05, 0.1) is 6.26 Å². The van der Waals surface area contributed by atoms with E-state index < -0.39 is 16.1 Å². The largest absolute Gasteiger partial charge is 0.330 e. The summed E-state index contributed by atoms with van der Waals surface area (Å²) >= 11 is 0. The van der Waals surface area contributed by atoms with E-state index >= 15 is 0 Å². The first-order valence-electron chi connectivity index (χ1n) is 8.33. The number of nitrogens with two attached hydrogens (primary N) is 1. The van der Waals surface area contributed by atoms with Crippen LogP contribution in [0.4, 0.5) is 5.69 Å². The van der Waals surface area contributed by atoms with Gasteiger partial charge in [-0.3, -0.25) is 4.79 Å². The Kier molecular flexibility index (Phi) is 4.44. The number of benzene rings is 1. The molecule has 0 radical (unpaired) electrons. The van der Waals surface area contributed by atoms with Crippen LogP contribution in [0.2, 0.25) is 0 Å². The van der Waals surface area contributed by atoms with Crippen LogP contribution in [0.3, 0.4) is 0 Å². The van der Waals surface area contributed by atoms with Crippen molar-refractivity contribution in [1.29, 1.82) is 0 Å². The van der Waals surface area contributed by atoms with Gasteiger partial charge in [-0.2, -0.15) is 4.31 Å². The van der Waals surface area contributed by atoms with Crippen LogP contribution in [-0.2, 0) is 20.2 Å². The second kappa shape index (κ2) is 6.13. The Morgan fingerprint density at radius 2 is 1.92 bits per heavy atom. The third-order valence-electron chi connectivity index (χ3n) is 5.41. The molecule has 0 aromatic heterocycles. The number of sulfonamides is 1. The Labute approximate surface area is 143 Å². The predicted molar refractivity (Wildman–Crippen MR) is 94.4 cm³/mol. The molecule has 132 valence electrons. The van der Waals surface area contributed by atoms with E-state index in [1.807, 2.05) is 24.3 Å². The molecule has 1 atom stereocenters. The highest BCUT2D eigenvalue weighted by Gasteiger charge is 2.43. The summed E-state index contributed by atoms with van der Waals surface area (Å²) in [5.74, 6) is -0.151. The number of carbonyl (C=O) groups is 1. The van der Waals surface area contributed by atoms with Gasteiger partial charge in [0.1, 0.15) is 6.04 Å². The normalized spacial score (nSPS) is 23.6. The van der Waals surface area contributed by atoms with Crippen molar-refractivity contribution in [2.75, 3.05) is 31.3 Å². The third-order valence-corrected chi connectivity index (χ3v) is 6.71. The van der Waals surface area contributed by atoms with Crippen LogP contribution in [0.5, 0.6) is 0 Å². The van der Waals surface area contributed by atoms with E-state index in [4.69, 9.17) is 5.73 Å². The number of hydrogen-bond acceptors (Lipinski definition) is 4. The molecule has 1 saturated carbocycles. The first-order chi connectivity index (χ1) is 11.3. The summed E-state index contributed by atoms with van der Waals surface area (Å²) in [6.07, 6.45) is 4.72. The van der Waals surface area contributed by atoms with Gasteiger partial charge in [0.25, 0.3) is 0 Å². The summed E-state index contributed by atoms with van der Waals surface area (Å²) in [6, 6.07) is 7.38. The standard InChI is InChI=1S/C17H25N3O3S/c1-19(24(2,22)23)15-4-3-11-20(16(15)21)14-7-5-13(6-8-14)17(12-18)9-10-17/h5-8,15H,3-4,9-12,18H2,1-2H3. The van der Waals surface area contributed by atoms with E-state index in [2.05, 4.69) is 0 Å². The lowest BCUT2D eigenvalue weighted by Crippen LogP contribution is -2.52. The molecule has 2 N–H and O–H groups in total. The van der Waals surface area contributed by atoms with E-state index in [0.29, 0.717) is 19.5 Å². The number of likely N-dealkylation sites (N-methyl/N-ethyl adjacent to an activating group) is 1. The molecule has 0 bridgehead atoms. The van der Waals surface area contributed by atoms with Crippen molar-refractivity contribution >= 4 is 21.6 Å². The van der Waals surface area contributed by atoms with E-state index in [1.54, 1.807) is 4.90 Å². The second-order valence-electron chi connectivity index (χ2n) is 6.96. The molecule has 6 nitrogen and oxygen atoms in total. The fourth-order valence-electron chi connectivity index (χ4n) is 3.44. The van der Waals surface area contributed by atoms with Gasteiger partial charge in [-0.1, -0.05) is 12.1 Å². The van der Waals surface area contributed by atoms with Crippen LogP contribution >= 0.6 is 0 Å². The van der Waals surface area contributed by atoms with Crippen LogP contribution in [-0.4, -0.2) is 51.1 Å². The Morgan fingerprint density at radius 1 is 1.29 bits per heavy atom. The number of nitrogens with zero attached hydrogens (tertiary/aromatic N) is 2. The minimum Gasteiger partial charge on any atom is -0.330 e. The first kappa shape index (κ1) is 17.4. The molecule has 24 heavy (non-hydrogen) atoms. The Bertz CT molecular complexity index is 726. The average Bonchev–Trinajstić information content (AvgIpc) is 3.35. The summed E-state index contributed by atoms with van der Waals surface area (Å²) in [5.41, 5.74) is 8.04. The number of hydrogen-bond donors (Lipinski definition) is 1. The molecule has 1 amide bonds. The molecule has 1 aliphatic heterocycles. The molecule has 1 heterocycles. The molecule has 2 fully saturated rings. The predicted octanol–water partition coefficient (Wildman–Crippen LogP) is 1.06. The molecular formula is C17H25N3O3S. The van der Waals surface area contributed by atoms with E-state index in [9.17, 15) is 13.2 Å². The number of piperidine rings is 1. The van der Waals surface area contributed by atoms with Gasteiger partial charge in [-0.15, -0.1) is 0 Å². The number of carbonyl (C=O) groups excluding carboxylic acids is 1. The van der Waals surface area contributed by atoms with Crippen LogP contribution in [0.15, 0.2) is 24.3 Å². The third kappa shape index (κ3) is 3.08. The molecule has 3 rings (SSSR count). The van der Waals surface area contributed by atoms with Crippen LogP contribution < -0.4 is 10.6 Å². The zero-order valence-corrected chi connectivity index (χ0v) is 15.1. The summed E-state index contributed by atoms with van der Waals surface area (Å²) < 4.78 is 24.7. The van der Waals surface area contributed by atoms with Crippen molar-refractivity contribution in [3.63, 3.8) is 0 Å². The van der Waals surface area contributed by atoms with Crippen molar-refractivity contribution in [1.82, 2.24) is 4.31 Å². The lowest BCUT2D eigenvalue weighted by atomic mass is 9.95. The average molecular weight is 351 g/mol. The molecule has 1 aliphatic carbocycles. The molecule has 1 unspecified atom stereocenters. The van der Waals surface area contributed by atoms with E-state index in [-0.39, 0.29) is 11.3 Å². The molecule has 2 aliphatic rings. The smallest absolute Gasteiger partial charge is 0.245 e. The molecule has 0 spiro atoms. The zero-order chi connectivity index (χ0) is 17.5. The quantitative estimate of drug-likeness (QED) is 0.860. The minimum absolute atomic E-state index is 0.128. The molecular weight excluding hydrogens is 326 g/mol. The minimum atomic E-state index is -3.39. The van der Waals surface area contributed by atoms with Gasteiger partial charge in [-0.05, 0) is 43.4 Å². The van der Waals surface area contributed by atoms with Crippen molar-refractivity contribution in [3.8, 4) is 0 Å². The van der Waals surface area contributed by atoms with Crippen LogP contribution in [0.1, 0.15) is 31.2 Å². The second-order valence-corrected chi connectivity index (χ2v) is 9.00. The lowest BCUT2D eigenvalue weighted by molar-refractivity contribution is -0.123. The SMILES string of the molecule is CN(C1CCCN(c2ccc(C3(CN)CC3)cc2)C1=O)S(C)(=O)=O. The highest BCUT2D eigenvalue weighted by Crippen LogP contribution is 2.47. The first-order valence-corrected chi connectivity index (χ1v) is 10.2. The van der Waals surface area contributed by atoms with Gasteiger partial charge >= 0.3 is 0 Å². The number of rotatable bonds is 5. The number of anilines is 1. The van der Waals surface area contributed by atoms with E-state index in [1.165, 1.54) is 16.9 Å². The molecule has 7 heteroatoms. The van der Waals surface area contributed by atoms with Gasteiger partial charge < -0.3 is 10.6 Å². The lowest BCUT2D eigenvalue weighted by Gasteiger charge is -2.36. The maximum absolute atomic E-state index is 12.8. The van der Waals surface area contributed by atoms with Gasteiger partial charge in [-0.25, -0.2) is 8.42 Å². The summed E-state index contributed by atoms with van der Waals surface area (Å²) in [4.78, 5) is 14.5. The van der Waals surface area contributed by atoms with Crippen molar-refractivity contribution in [2.45, 2.75) is 37.1 Å². The number of amides is 1. The van der Waals surface area contributed by atoms with Crippen LogP contribution in [0, 0.1) is 0 Å². The summed E-state index contributed by atoms with van der Waals surface area (Å²) in [6.45, 7) is 1.27. The van der Waals surface area contributed by atoms with E-state index in [0.717, 1.165) is 31.2 Å². The Hall–Kier alpha value is -1.44. The Morgan fingerprint density at radius 3 is 2.42 bits per heavy atom. The van der Waals surface area contributed by atoms with Gasteiger partial charge in [0, 0.05) is 31.2 Å². The summed E-state index contributed by atoms with van der Waals surface area (Å²) in [5, 5.41) is 0.